The van der Waals surface area contributed by atoms with Crippen molar-refractivity contribution < 1.29 is 9.84 Å². The number of aliphatic hydroxyl groups is 1. The molecule has 5 heteroatoms. The van der Waals surface area contributed by atoms with Crippen LogP contribution in [0.3, 0.4) is 0 Å². The van der Waals surface area contributed by atoms with Crippen LogP contribution in [0.4, 0.5) is 0 Å². The highest BCUT2D eigenvalue weighted by atomic mass is 35.5. The summed E-state index contributed by atoms with van der Waals surface area (Å²) < 4.78 is 4.61. The molecule has 1 N–H and O–H groups in total. The number of ether oxygens (including phenoxy) is 1. The molecule has 0 aromatic carbocycles. The number of nitrogens with zero attached hydrogens (tertiary/aromatic N) is 2. The minimum absolute atomic E-state index is 0.103. The van der Waals surface area contributed by atoms with Crippen molar-refractivity contribution in [1.82, 2.24) is 9.97 Å². The van der Waals surface area contributed by atoms with E-state index in [0.29, 0.717) is 0 Å². The maximum Gasteiger partial charge on any atom is 0.225 e. The molecule has 0 aliphatic rings. The summed E-state index contributed by atoms with van der Waals surface area (Å²) in [6.45, 7) is -0.409. The summed E-state index contributed by atoms with van der Waals surface area (Å²) >= 11 is 5.40. The van der Waals surface area contributed by atoms with Crippen LogP contribution in [-0.2, 0) is 0 Å². The van der Waals surface area contributed by atoms with Crippen LogP contribution in [0.5, 0.6) is 5.88 Å². The molecule has 0 saturated carbocycles. The van der Waals surface area contributed by atoms with E-state index in [0.717, 1.165) is 0 Å². The first-order valence-electron chi connectivity index (χ1n) is 2.55. The summed E-state index contributed by atoms with van der Waals surface area (Å²) in [6.07, 6.45) is 1.44. The first kappa shape index (κ1) is 7.24. The second-order valence-electron chi connectivity index (χ2n) is 1.44. The molecule has 10 heavy (non-hydrogen) atoms. The van der Waals surface area contributed by atoms with Crippen LogP contribution in [0.15, 0.2) is 12.3 Å². The predicted molar refractivity (Wildman–Crippen MR) is 34.8 cm³/mol. The number of hydrogen-bond donors (Lipinski definition) is 1. The van der Waals surface area contributed by atoms with Gasteiger partial charge < -0.3 is 9.84 Å². The Morgan fingerprint density at radius 2 is 2.50 bits per heavy atom. The highest BCUT2D eigenvalue weighted by Crippen LogP contribution is 2.07. The quantitative estimate of drug-likeness (QED) is 0.505. The van der Waals surface area contributed by atoms with Crippen molar-refractivity contribution in [3.8, 4) is 5.88 Å². The summed E-state index contributed by atoms with van der Waals surface area (Å²) in [5.74, 6) is 0.266. The monoisotopic (exact) mass is 160 g/mol. The Balaban J connectivity index is 2.75. The fourth-order valence-electron chi connectivity index (χ4n) is 0.466. The second kappa shape index (κ2) is 3.34. The van der Waals surface area contributed by atoms with Crippen LogP contribution in [0.1, 0.15) is 0 Å². The minimum Gasteiger partial charge on any atom is -0.451 e. The van der Waals surface area contributed by atoms with E-state index < -0.39 is 6.79 Å². The molecular formula is C5H5ClN2O2. The highest BCUT2D eigenvalue weighted by Gasteiger charge is 1.94. The standard InChI is InChI=1S/C5H5ClN2O2/c6-5-7-2-1-4(8-5)10-3-9/h1-2,9H,3H2. The molecule has 0 atom stereocenters. The summed E-state index contributed by atoms with van der Waals surface area (Å²) in [5, 5.41) is 8.39. The molecule has 1 aromatic heterocycles. The zero-order valence-corrected chi connectivity index (χ0v) is 5.75. The van der Waals surface area contributed by atoms with Gasteiger partial charge in [-0.05, 0) is 11.6 Å². The lowest BCUT2D eigenvalue weighted by atomic mass is 10.6. The van der Waals surface area contributed by atoms with Gasteiger partial charge in [0.1, 0.15) is 0 Å². The molecular weight excluding hydrogens is 156 g/mol. The Kier molecular flexibility index (Phi) is 2.42. The number of hydrogen-bond acceptors (Lipinski definition) is 4. The average molecular weight is 161 g/mol. The van der Waals surface area contributed by atoms with Crippen molar-refractivity contribution in [3.05, 3.63) is 17.5 Å². The van der Waals surface area contributed by atoms with E-state index in [1.54, 1.807) is 0 Å². The van der Waals surface area contributed by atoms with Crippen molar-refractivity contribution in [3.63, 3.8) is 0 Å². The molecule has 0 unspecified atom stereocenters. The summed E-state index contributed by atoms with van der Waals surface area (Å²) in [6, 6.07) is 1.50. The largest absolute Gasteiger partial charge is 0.451 e. The summed E-state index contributed by atoms with van der Waals surface area (Å²) in [7, 11) is 0. The average Bonchev–Trinajstić information content (AvgIpc) is 1.88. The van der Waals surface area contributed by atoms with Gasteiger partial charge in [-0.3, -0.25) is 0 Å². The van der Waals surface area contributed by atoms with Gasteiger partial charge in [-0.2, -0.15) is 4.98 Å². The van der Waals surface area contributed by atoms with Crippen molar-refractivity contribution in [2.75, 3.05) is 6.79 Å². The van der Waals surface area contributed by atoms with Crippen LogP contribution in [0.25, 0.3) is 0 Å². The molecule has 1 rings (SSSR count). The van der Waals surface area contributed by atoms with Gasteiger partial charge in [0.2, 0.25) is 11.2 Å². The lowest BCUT2D eigenvalue weighted by molar-refractivity contribution is 0.0940. The maximum atomic E-state index is 8.28. The van der Waals surface area contributed by atoms with Gasteiger partial charge in [0.05, 0.1) is 0 Å². The number of halogens is 1. The molecule has 0 fully saturated rings. The fourth-order valence-corrected chi connectivity index (χ4v) is 0.606. The molecule has 0 spiro atoms. The third kappa shape index (κ3) is 1.82. The highest BCUT2D eigenvalue weighted by molar-refractivity contribution is 6.28. The van der Waals surface area contributed by atoms with E-state index in [1.807, 2.05) is 0 Å². The zero-order chi connectivity index (χ0) is 7.40. The normalized spacial score (nSPS) is 9.40. The molecule has 0 aliphatic heterocycles. The van der Waals surface area contributed by atoms with Crippen LogP contribution in [0.2, 0.25) is 5.28 Å². The summed E-state index contributed by atoms with van der Waals surface area (Å²) in [5.41, 5.74) is 0. The van der Waals surface area contributed by atoms with E-state index in [1.165, 1.54) is 12.3 Å². The summed E-state index contributed by atoms with van der Waals surface area (Å²) in [4.78, 5) is 7.25. The molecule has 1 aromatic rings. The minimum atomic E-state index is -0.409. The smallest absolute Gasteiger partial charge is 0.225 e. The van der Waals surface area contributed by atoms with Crippen molar-refractivity contribution in [1.29, 1.82) is 0 Å². The lowest BCUT2D eigenvalue weighted by Gasteiger charge is -1.98. The van der Waals surface area contributed by atoms with Gasteiger partial charge in [-0.25, -0.2) is 4.98 Å². The van der Waals surface area contributed by atoms with Crippen molar-refractivity contribution >= 4 is 11.6 Å². The molecule has 0 aliphatic carbocycles. The predicted octanol–water partition coefficient (Wildman–Crippen LogP) is 0.459. The fraction of sp³-hybridized carbons (Fsp3) is 0.200. The Bertz CT molecular complexity index is 219. The van der Waals surface area contributed by atoms with Crippen LogP contribution in [0, 0.1) is 0 Å². The van der Waals surface area contributed by atoms with E-state index >= 15 is 0 Å². The molecule has 4 nitrogen and oxygen atoms in total. The van der Waals surface area contributed by atoms with Gasteiger partial charge in [0.25, 0.3) is 0 Å². The molecule has 0 saturated heterocycles. The maximum absolute atomic E-state index is 8.28. The van der Waals surface area contributed by atoms with Crippen LogP contribution < -0.4 is 4.74 Å². The molecule has 0 bridgehead atoms. The lowest BCUT2D eigenvalue weighted by Crippen LogP contribution is -1.97. The van der Waals surface area contributed by atoms with Gasteiger partial charge >= 0.3 is 0 Å². The Morgan fingerprint density at radius 3 is 3.10 bits per heavy atom. The molecule has 0 amide bonds. The van der Waals surface area contributed by atoms with E-state index in [9.17, 15) is 0 Å². The van der Waals surface area contributed by atoms with Crippen molar-refractivity contribution in [2.24, 2.45) is 0 Å². The third-order valence-electron chi connectivity index (χ3n) is 0.813. The molecule has 54 valence electrons. The van der Waals surface area contributed by atoms with E-state index in [-0.39, 0.29) is 11.2 Å². The topological polar surface area (TPSA) is 55.2 Å². The molecule has 1 heterocycles. The first-order chi connectivity index (χ1) is 4.83. The molecule has 0 radical (unpaired) electrons. The SMILES string of the molecule is OCOc1ccnc(Cl)n1. The zero-order valence-electron chi connectivity index (χ0n) is 4.99. The van der Waals surface area contributed by atoms with Gasteiger partial charge in [-0.1, -0.05) is 0 Å². The van der Waals surface area contributed by atoms with E-state index in [2.05, 4.69) is 14.7 Å². The second-order valence-corrected chi connectivity index (χ2v) is 1.78. The van der Waals surface area contributed by atoms with Gasteiger partial charge in [-0.15, -0.1) is 0 Å². The Labute approximate surface area is 62.4 Å². The van der Waals surface area contributed by atoms with Crippen LogP contribution >= 0.6 is 11.6 Å². The number of aromatic nitrogens is 2. The van der Waals surface area contributed by atoms with Crippen LogP contribution in [-0.4, -0.2) is 21.9 Å². The first-order valence-corrected chi connectivity index (χ1v) is 2.93. The van der Waals surface area contributed by atoms with Gasteiger partial charge in [0.15, 0.2) is 6.79 Å². The van der Waals surface area contributed by atoms with E-state index in [4.69, 9.17) is 16.7 Å². The number of rotatable bonds is 2. The number of aliphatic hydroxyl groups excluding tert-OH is 1. The third-order valence-corrected chi connectivity index (χ3v) is 0.995. The van der Waals surface area contributed by atoms with Gasteiger partial charge in [0, 0.05) is 12.3 Å². The Hall–Kier alpha value is -0.870. The van der Waals surface area contributed by atoms with Crippen molar-refractivity contribution in [2.45, 2.75) is 0 Å². The Morgan fingerprint density at radius 1 is 1.70 bits per heavy atom.